The van der Waals surface area contributed by atoms with Crippen LogP contribution in [0.4, 0.5) is 8.78 Å². The Bertz CT molecular complexity index is 434. The first kappa shape index (κ1) is 12.0. The number of rotatable bonds is 4. The van der Waals surface area contributed by atoms with Crippen molar-refractivity contribution in [2.24, 2.45) is 0 Å². The standard InChI is InChI=1S/C12H12F2O3/c1-2-16-12-9(15)6-11(12)17-10-5-7(13)3-4-8(10)14/h3-5,11-12H,2,6H2,1H3. The maximum atomic E-state index is 13.3. The van der Waals surface area contributed by atoms with E-state index >= 15 is 0 Å². The molecule has 17 heavy (non-hydrogen) atoms. The molecular weight excluding hydrogens is 230 g/mol. The van der Waals surface area contributed by atoms with Gasteiger partial charge in [0.05, 0.1) is 0 Å². The normalized spacial score (nSPS) is 23.4. The predicted molar refractivity (Wildman–Crippen MR) is 55.8 cm³/mol. The van der Waals surface area contributed by atoms with Gasteiger partial charge in [0.2, 0.25) is 0 Å². The lowest BCUT2D eigenvalue weighted by atomic mass is 9.90. The van der Waals surface area contributed by atoms with Crippen molar-refractivity contribution in [3.8, 4) is 5.75 Å². The van der Waals surface area contributed by atoms with Crippen LogP contribution < -0.4 is 4.74 Å². The van der Waals surface area contributed by atoms with Gasteiger partial charge >= 0.3 is 0 Å². The fourth-order valence-electron chi connectivity index (χ4n) is 1.68. The Hall–Kier alpha value is -1.49. The van der Waals surface area contributed by atoms with E-state index in [1.165, 1.54) is 0 Å². The summed E-state index contributed by atoms with van der Waals surface area (Å²) >= 11 is 0. The fraction of sp³-hybridized carbons (Fsp3) is 0.417. The van der Waals surface area contributed by atoms with Gasteiger partial charge in [0.15, 0.2) is 23.5 Å². The molecule has 1 aromatic rings. The van der Waals surface area contributed by atoms with Crippen molar-refractivity contribution in [2.75, 3.05) is 6.61 Å². The number of ketones is 1. The molecule has 0 bridgehead atoms. The highest BCUT2D eigenvalue weighted by atomic mass is 19.1. The number of carbonyl (C=O) groups excluding carboxylic acids is 1. The largest absolute Gasteiger partial charge is 0.484 e. The van der Waals surface area contributed by atoms with Gasteiger partial charge in [0.1, 0.15) is 11.9 Å². The Morgan fingerprint density at radius 1 is 1.41 bits per heavy atom. The van der Waals surface area contributed by atoms with E-state index in [0.29, 0.717) is 6.61 Å². The second-order valence-electron chi connectivity index (χ2n) is 3.78. The lowest BCUT2D eigenvalue weighted by Gasteiger charge is -2.34. The smallest absolute Gasteiger partial charge is 0.169 e. The molecule has 0 radical (unpaired) electrons. The van der Waals surface area contributed by atoms with E-state index in [-0.39, 0.29) is 18.0 Å². The average Bonchev–Trinajstić information content (AvgIpc) is 2.30. The molecule has 92 valence electrons. The number of hydrogen-bond acceptors (Lipinski definition) is 3. The fourth-order valence-corrected chi connectivity index (χ4v) is 1.68. The average molecular weight is 242 g/mol. The molecule has 1 saturated carbocycles. The summed E-state index contributed by atoms with van der Waals surface area (Å²) in [6, 6.07) is 2.95. The summed E-state index contributed by atoms with van der Waals surface area (Å²) in [7, 11) is 0. The van der Waals surface area contributed by atoms with Gasteiger partial charge in [-0.2, -0.15) is 0 Å². The molecule has 0 saturated heterocycles. The van der Waals surface area contributed by atoms with E-state index in [4.69, 9.17) is 9.47 Å². The summed E-state index contributed by atoms with van der Waals surface area (Å²) in [6.07, 6.45) is -1.03. The van der Waals surface area contributed by atoms with Crippen molar-refractivity contribution in [3.63, 3.8) is 0 Å². The van der Waals surface area contributed by atoms with Gasteiger partial charge in [-0.25, -0.2) is 8.78 Å². The number of Topliss-reactive ketones (excluding diaryl/α,β-unsaturated/α-hetero) is 1. The zero-order valence-corrected chi connectivity index (χ0v) is 9.28. The molecule has 1 aliphatic carbocycles. The molecule has 2 rings (SSSR count). The Labute approximate surface area is 97.3 Å². The third kappa shape index (κ3) is 2.44. The van der Waals surface area contributed by atoms with E-state index in [2.05, 4.69) is 0 Å². The first-order valence-corrected chi connectivity index (χ1v) is 5.38. The molecule has 1 aliphatic rings. The summed E-state index contributed by atoms with van der Waals surface area (Å²) < 4.78 is 36.6. The number of carbonyl (C=O) groups is 1. The minimum atomic E-state index is -0.664. The van der Waals surface area contributed by atoms with Crippen LogP contribution in [0.15, 0.2) is 18.2 Å². The van der Waals surface area contributed by atoms with Gasteiger partial charge in [-0.1, -0.05) is 0 Å². The molecule has 1 aromatic carbocycles. The van der Waals surface area contributed by atoms with Gasteiger partial charge in [0, 0.05) is 19.1 Å². The molecule has 2 atom stereocenters. The zero-order valence-electron chi connectivity index (χ0n) is 9.28. The third-order valence-electron chi connectivity index (χ3n) is 2.58. The molecule has 5 heteroatoms. The first-order chi connectivity index (χ1) is 8.11. The van der Waals surface area contributed by atoms with Crippen LogP contribution >= 0.6 is 0 Å². The Balaban J connectivity index is 2.06. The quantitative estimate of drug-likeness (QED) is 0.811. The van der Waals surface area contributed by atoms with Gasteiger partial charge in [-0.3, -0.25) is 4.79 Å². The summed E-state index contributed by atoms with van der Waals surface area (Å²) in [5.41, 5.74) is 0. The highest BCUT2D eigenvalue weighted by Crippen LogP contribution is 2.27. The highest BCUT2D eigenvalue weighted by molar-refractivity contribution is 5.90. The van der Waals surface area contributed by atoms with E-state index in [0.717, 1.165) is 18.2 Å². The van der Waals surface area contributed by atoms with Crippen molar-refractivity contribution in [1.82, 2.24) is 0 Å². The van der Waals surface area contributed by atoms with Crippen LogP contribution in [0.3, 0.4) is 0 Å². The van der Waals surface area contributed by atoms with Gasteiger partial charge in [-0.05, 0) is 19.1 Å². The minimum Gasteiger partial charge on any atom is -0.484 e. The number of benzene rings is 1. The molecule has 2 unspecified atom stereocenters. The van der Waals surface area contributed by atoms with E-state index in [9.17, 15) is 13.6 Å². The SMILES string of the molecule is CCOC1C(=O)CC1Oc1cc(F)ccc1F. The first-order valence-electron chi connectivity index (χ1n) is 5.38. The second kappa shape index (κ2) is 4.79. The van der Waals surface area contributed by atoms with E-state index in [1.807, 2.05) is 0 Å². The van der Waals surface area contributed by atoms with Gasteiger partial charge in [0.25, 0.3) is 0 Å². The van der Waals surface area contributed by atoms with E-state index < -0.39 is 23.8 Å². The summed E-state index contributed by atoms with van der Waals surface area (Å²) in [5, 5.41) is 0. The monoisotopic (exact) mass is 242 g/mol. The molecule has 0 aliphatic heterocycles. The topological polar surface area (TPSA) is 35.5 Å². The summed E-state index contributed by atoms with van der Waals surface area (Å²) in [6.45, 7) is 2.13. The van der Waals surface area contributed by atoms with Crippen molar-refractivity contribution < 1.29 is 23.0 Å². The molecular formula is C12H12F2O3. The zero-order chi connectivity index (χ0) is 12.4. The van der Waals surface area contributed by atoms with Crippen LogP contribution in [0.2, 0.25) is 0 Å². The Morgan fingerprint density at radius 3 is 2.82 bits per heavy atom. The van der Waals surface area contributed by atoms with Crippen LogP contribution in [-0.4, -0.2) is 24.6 Å². The number of ether oxygens (including phenoxy) is 2. The number of halogens is 2. The molecule has 0 heterocycles. The number of hydrogen-bond donors (Lipinski definition) is 0. The van der Waals surface area contributed by atoms with Crippen molar-refractivity contribution in [1.29, 1.82) is 0 Å². The molecule has 1 fully saturated rings. The Morgan fingerprint density at radius 2 is 2.18 bits per heavy atom. The van der Waals surface area contributed by atoms with Crippen LogP contribution in [0.25, 0.3) is 0 Å². The minimum absolute atomic E-state index is 0.0753. The molecule has 0 aromatic heterocycles. The van der Waals surface area contributed by atoms with Crippen LogP contribution in [-0.2, 0) is 9.53 Å². The van der Waals surface area contributed by atoms with Crippen LogP contribution in [0.5, 0.6) is 5.75 Å². The predicted octanol–water partition coefficient (Wildman–Crippen LogP) is 2.09. The van der Waals surface area contributed by atoms with Gasteiger partial charge < -0.3 is 9.47 Å². The third-order valence-corrected chi connectivity index (χ3v) is 2.58. The van der Waals surface area contributed by atoms with Crippen LogP contribution in [0.1, 0.15) is 13.3 Å². The lowest BCUT2D eigenvalue weighted by Crippen LogP contribution is -2.52. The second-order valence-corrected chi connectivity index (χ2v) is 3.78. The maximum absolute atomic E-state index is 13.3. The molecule has 3 nitrogen and oxygen atoms in total. The van der Waals surface area contributed by atoms with Crippen molar-refractivity contribution in [2.45, 2.75) is 25.6 Å². The maximum Gasteiger partial charge on any atom is 0.169 e. The lowest BCUT2D eigenvalue weighted by molar-refractivity contribution is -0.154. The van der Waals surface area contributed by atoms with Crippen molar-refractivity contribution >= 4 is 5.78 Å². The Kier molecular flexibility index (Phi) is 3.38. The molecule has 0 N–H and O–H groups in total. The van der Waals surface area contributed by atoms with Crippen LogP contribution in [0, 0.1) is 11.6 Å². The highest BCUT2D eigenvalue weighted by Gasteiger charge is 2.42. The van der Waals surface area contributed by atoms with Gasteiger partial charge in [-0.15, -0.1) is 0 Å². The van der Waals surface area contributed by atoms with E-state index in [1.54, 1.807) is 6.92 Å². The molecule has 0 spiro atoms. The molecule has 0 amide bonds. The van der Waals surface area contributed by atoms with Crippen molar-refractivity contribution in [3.05, 3.63) is 29.8 Å². The summed E-state index contributed by atoms with van der Waals surface area (Å²) in [4.78, 5) is 11.2. The summed E-state index contributed by atoms with van der Waals surface area (Å²) in [5.74, 6) is -1.50.